The van der Waals surface area contributed by atoms with Crippen molar-refractivity contribution in [1.82, 2.24) is 10.2 Å². The van der Waals surface area contributed by atoms with E-state index in [9.17, 15) is 18.4 Å². The van der Waals surface area contributed by atoms with Crippen molar-refractivity contribution >= 4 is 18.0 Å². The van der Waals surface area contributed by atoms with Crippen LogP contribution in [-0.2, 0) is 11.3 Å². The number of nitrogens with zero attached hydrogens (tertiary/aromatic N) is 1. The summed E-state index contributed by atoms with van der Waals surface area (Å²) in [6.07, 6.45) is 1.40. The summed E-state index contributed by atoms with van der Waals surface area (Å²) in [5.41, 5.74) is 0.944. The van der Waals surface area contributed by atoms with Crippen LogP contribution in [0.15, 0.2) is 70.8 Å². The first-order valence-electron chi connectivity index (χ1n) is 8.45. The lowest BCUT2D eigenvalue weighted by molar-refractivity contribution is -0.123. The molecule has 4 rings (SSSR count). The van der Waals surface area contributed by atoms with E-state index in [0.717, 1.165) is 4.90 Å². The van der Waals surface area contributed by atoms with Crippen LogP contribution in [0.25, 0.3) is 17.4 Å². The molecule has 0 spiro atoms. The van der Waals surface area contributed by atoms with Gasteiger partial charge >= 0.3 is 6.03 Å². The van der Waals surface area contributed by atoms with Gasteiger partial charge in [-0.2, -0.15) is 0 Å². The number of amides is 3. The Labute approximate surface area is 158 Å². The third-order valence-corrected chi connectivity index (χ3v) is 4.29. The van der Waals surface area contributed by atoms with Crippen LogP contribution < -0.4 is 5.32 Å². The van der Waals surface area contributed by atoms with Gasteiger partial charge in [-0.3, -0.25) is 9.69 Å². The fourth-order valence-corrected chi connectivity index (χ4v) is 2.85. The second-order valence-electron chi connectivity index (χ2n) is 6.18. The van der Waals surface area contributed by atoms with Gasteiger partial charge < -0.3 is 9.73 Å². The van der Waals surface area contributed by atoms with Crippen LogP contribution in [-0.4, -0.2) is 16.8 Å². The van der Waals surface area contributed by atoms with Crippen molar-refractivity contribution in [2.75, 3.05) is 0 Å². The Balaban J connectivity index is 1.54. The van der Waals surface area contributed by atoms with Gasteiger partial charge in [0.2, 0.25) is 0 Å². The third-order valence-electron chi connectivity index (χ3n) is 4.29. The smallest absolute Gasteiger partial charge is 0.329 e. The van der Waals surface area contributed by atoms with Crippen LogP contribution in [0.2, 0.25) is 0 Å². The van der Waals surface area contributed by atoms with Crippen molar-refractivity contribution in [3.63, 3.8) is 0 Å². The minimum Gasteiger partial charge on any atom is -0.457 e. The SMILES string of the molecule is O=C1N/C(=C/c2ccc(-c3ccc(F)cc3)o2)C(=O)N1Cc1ccccc1F. The normalized spacial score (nSPS) is 15.4. The number of halogens is 2. The standard InChI is InChI=1S/C21H14F2N2O3/c22-15-7-5-13(6-8-15)19-10-9-16(28-19)11-18-20(26)25(21(27)24-18)12-14-3-1-2-4-17(14)23/h1-11H,12H2,(H,24,27)/b18-11+. The summed E-state index contributed by atoms with van der Waals surface area (Å²) in [5.74, 6) is -0.585. The van der Waals surface area contributed by atoms with Crippen molar-refractivity contribution in [3.8, 4) is 11.3 Å². The molecule has 0 aliphatic carbocycles. The Morgan fingerprint density at radius 3 is 2.46 bits per heavy atom. The number of imide groups is 1. The van der Waals surface area contributed by atoms with Crippen LogP contribution in [0.4, 0.5) is 13.6 Å². The lowest BCUT2D eigenvalue weighted by Gasteiger charge is -2.12. The number of benzene rings is 2. The summed E-state index contributed by atoms with van der Waals surface area (Å²) in [5, 5.41) is 2.46. The largest absolute Gasteiger partial charge is 0.457 e. The topological polar surface area (TPSA) is 62.6 Å². The maximum absolute atomic E-state index is 13.8. The van der Waals surface area contributed by atoms with E-state index in [1.165, 1.54) is 36.4 Å². The van der Waals surface area contributed by atoms with E-state index in [1.54, 1.807) is 30.3 Å². The summed E-state index contributed by atoms with van der Waals surface area (Å²) in [6, 6.07) is 14.4. The molecular weight excluding hydrogens is 366 g/mol. The van der Waals surface area contributed by atoms with Crippen LogP contribution in [0, 0.1) is 11.6 Å². The van der Waals surface area contributed by atoms with E-state index in [4.69, 9.17) is 4.42 Å². The second kappa shape index (κ2) is 7.11. The Bertz CT molecular complexity index is 1090. The quantitative estimate of drug-likeness (QED) is 0.542. The fourth-order valence-electron chi connectivity index (χ4n) is 2.85. The average molecular weight is 380 g/mol. The Morgan fingerprint density at radius 2 is 1.71 bits per heavy atom. The molecule has 1 aliphatic rings. The maximum atomic E-state index is 13.8. The van der Waals surface area contributed by atoms with Gasteiger partial charge in [0.1, 0.15) is 28.9 Å². The number of nitrogens with one attached hydrogen (secondary N) is 1. The highest BCUT2D eigenvalue weighted by molar-refractivity contribution is 6.13. The molecule has 1 fully saturated rings. The first-order chi connectivity index (χ1) is 13.5. The fraction of sp³-hybridized carbons (Fsp3) is 0.0476. The monoisotopic (exact) mass is 380 g/mol. The van der Waals surface area contributed by atoms with Crippen LogP contribution in [0.1, 0.15) is 11.3 Å². The van der Waals surface area contributed by atoms with E-state index < -0.39 is 17.8 Å². The molecule has 0 unspecified atom stereocenters. The molecule has 3 aromatic rings. The highest BCUT2D eigenvalue weighted by Gasteiger charge is 2.34. The highest BCUT2D eigenvalue weighted by Crippen LogP contribution is 2.25. The van der Waals surface area contributed by atoms with Gasteiger partial charge in [0.25, 0.3) is 5.91 Å². The lowest BCUT2D eigenvalue weighted by atomic mass is 10.2. The predicted molar refractivity (Wildman–Crippen MR) is 97.6 cm³/mol. The molecule has 7 heteroatoms. The lowest BCUT2D eigenvalue weighted by Crippen LogP contribution is -2.30. The van der Waals surface area contributed by atoms with Gasteiger partial charge in [-0.25, -0.2) is 13.6 Å². The molecule has 2 aromatic carbocycles. The van der Waals surface area contributed by atoms with Crippen LogP contribution in [0.3, 0.4) is 0 Å². The zero-order valence-electron chi connectivity index (χ0n) is 14.5. The van der Waals surface area contributed by atoms with E-state index >= 15 is 0 Å². The highest BCUT2D eigenvalue weighted by atomic mass is 19.1. The molecule has 1 aliphatic heterocycles. The van der Waals surface area contributed by atoms with Crippen molar-refractivity contribution in [2.45, 2.75) is 6.54 Å². The van der Waals surface area contributed by atoms with Crippen LogP contribution in [0.5, 0.6) is 0 Å². The number of urea groups is 1. The summed E-state index contributed by atoms with van der Waals surface area (Å²) in [6.45, 7) is -0.173. The summed E-state index contributed by atoms with van der Waals surface area (Å²) in [4.78, 5) is 25.6. The van der Waals surface area contributed by atoms with Crippen molar-refractivity contribution < 1.29 is 22.8 Å². The molecule has 1 saturated heterocycles. The molecule has 0 saturated carbocycles. The average Bonchev–Trinajstić information content (AvgIpc) is 3.24. The number of carbonyl (C=O) groups excluding carboxylic acids is 2. The first-order valence-corrected chi connectivity index (χ1v) is 8.45. The molecule has 0 radical (unpaired) electrons. The van der Waals surface area contributed by atoms with Gasteiger partial charge in [0.05, 0.1) is 6.54 Å². The summed E-state index contributed by atoms with van der Waals surface area (Å²) >= 11 is 0. The van der Waals surface area contributed by atoms with Gasteiger partial charge in [-0.05, 0) is 42.5 Å². The molecule has 5 nitrogen and oxygen atoms in total. The maximum Gasteiger partial charge on any atom is 0.329 e. The number of hydrogen-bond donors (Lipinski definition) is 1. The minimum atomic E-state index is -0.634. The zero-order valence-corrected chi connectivity index (χ0v) is 14.5. The van der Waals surface area contributed by atoms with E-state index in [2.05, 4.69) is 5.32 Å². The van der Waals surface area contributed by atoms with Crippen molar-refractivity contribution in [1.29, 1.82) is 0 Å². The van der Waals surface area contributed by atoms with E-state index in [0.29, 0.717) is 17.1 Å². The van der Waals surface area contributed by atoms with Gasteiger partial charge in [0, 0.05) is 17.2 Å². The molecule has 140 valence electrons. The minimum absolute atomic E-state index is 0.0290. The van der Waals surface area contributed by atoms with Gasteiger partial charge in [-0.15, -0.1) is 0 Å². The van der Waals surface area contributed by atoms with Crippen molar-refractivity contribution in [2.24, 2.45) is 0 Å². The molecule has 28 heavy (non-hydrogen) atoms. The van der Waals surface area contributed by atoms with Gasteiger partial charge in [-0.1, -0.05) is 18.2 Å². The number of rotatable bonds is 4. The number of hydrogen-bond acceptors (Lipinski definition) is 3. The van der Waals surface area contributed by atoms with Gasteiger partial charge in [0.15, 0.2) is 0 Å². The molecule has 1 N–H and O–H groups in total. The number of furan rings is 1. The third kappa shape index (κ3) is 3.42. The molecular formula is C21H14F2N2O3. The Morgan fingerprint density at radius 1 is 0.964 bits per heavy atom. The Hall–Kier alpha value is -3.74. The zero-order chi connectivity index (χ0) is 19.7. The van der Waals surface area contributed by atoms with E-state index in [1.807, 2.05) is 0 Å². The molecule has 0 atom stereocenters. The molecule has 1 aromatic heterocycles. The number of carbonyl (C=O) groups is 2. The van der Waals surface area contributed by atoms with Crippen LogP contribution >= 0.6 is 0 Å². The van der Waals surface area contributed by atoms with E-state index in [-0.39, 0.29) is 23.6 Å². The second-order valence-corrected chi connectivity index (χ2v) is 6.18. The molecule has 3 amide bonds. The molecule has 2 heterocycles. The molecule has 0 bridgehead atoms. The Kier molecular flexibility index (Phi) is 4.49. The summed E-state index contributed by atoms with van der Waals surface area (Å²) < 4.78 is 32.5. The first kappa shape index (κ1) is 17.7. The van der Waals surface area contributed by atoms with Crippen molar-refractivity contribution in [3.05, 3.63) is 89.3 Å². The summed E-state index contributed by atoms with van der Waals surface area (Å²) in [7, 11) is 0. The predicted octanol–water partition coefficient (Wildman–Crippen LogP) is 4.32.